The Balaban J connectivity index is 0.00000180. The van der Waals surface area contributed by atoms with Crippen molar-refractivity contribution in [3.05, 3.63) is 42.0 Å². The predicted octanol–water partition coefficient (Wildman–Crippen LogP) is 1.33. The molecule has 0 unspecified atom stereocenters. The van der Waals surface area contributed by atoms with E-state index in [0.29, 0.717) is 24.3 Å². The summed E-state index contributed by atoms with van der Waals surface area (Å²) < 4.78 is 12.8. The van der Waals surface area contributed by atoms with Gasteiger partial charge >= 0.3 is 0 Å². The van der Waals surface area contributed by atoms with Crippen molar-refractivity contribution in [1.29, 1.82) is 0 Å². The SMILES string of the molecule is Cl.NCCNC(=O)c1[nH]ncc1-c1ccc(F)cc1. The second kappa shape index (κ2) is 6.86. The largest absolute Gasteiger partial charge is 0.349 e. The quantitative estimate of drug-likeness (QED) is 0.792. The summed E-state index contributed by atoms with van der Waals surface area (Å²) in [5.74, 6) is -0.603. The number of carbonyl (C=O) groups excluding carboxylic acids is 1. The molecule has 19 heavy (non-hydrogen) atoms. The molecule has 0 saturated heterocycles. The van der Waals surface area contributed by atoms with Crippen molar-refractivity contribution in [1.82, 2.24) is 15.5 Å². The van der Waals surface area contributed by atoms with Crippen molar-refractivity contribution in [2.24, 2.45) is 5.73 Å². The van der Waals surface area contributed by atoms with Crippen LogP contribution in [0.1, 0.15) is 10.5 Å². The number of rotatable bonds is 4. The van der Waals surface area contributed by atoms with Crippen molar-refractivity contribution >= 4 is 18.3 Å². The molecule has 1 aromatic heterocycles. The van der Waals surface area contributed by atoms with Crippen LogP contribution in [-0.2, 0) is 0 Å². The molecule has 0 spiro atoms. The molecule has 4 N–H and O–H groups in total. The van der Waals surface area contributed by atoms with Gasteiger partial charge in [0.2, 0.25) is 0 Å². The number of hydrogen-bond acceptors (Lipinski definition) is 3. The van der Waals surface area contributed by atoms with Crippen LogP contribution in [0.15, 0.2) is 30.5 Å². The smallest absolute Gasteiger partial charge is 0.269 e. The Morgan fingerprint density at radius 1 is 1.37 bits per heavy atom. The fourth-order valence-corrected chi connectivity index (χ4v) is 1.58. The number of benzene rings is 1. The highest BCUT2D eigenvalue weighted by atomic mass is 35.5. The first kappa shape index (κ1) is 15.1. The zero-order valence-corrected chi connectivity index (χ0v) is 10.8. The van der Waals surface area contributed by atoms with E-state index in [9.17, 15) is 9.18 Å². The molecule has 0 radical (unpaired) electrons. The number of amides is 1. The number of nitrogens with zero attached hydrogens (tertiary/aromatic N) is 1. The summed E-state index contributed by atoms with van der Waals surface area (Å²) >= 11 is 0. The standard InChI is InChI=1S/C12H13FN4O.ClH/c13-9-3-1-8(2-4-9)10-7-16-17-11(10)12(18)15-6-5-14;/h1-4,7H,5-6,14H2,(H,15,18)(H,16,17);1H. The molecule has 2 rings (SSSR count). The molecule has 0 bridgehead atoms. The zero-order valence-electron chi connectivity index (χ0n) is 10.0. The topological polar surface area (TPSA) is 83.8 Å². The molecule has 7 heteroatoms. The average molecular weight is 285 g/mol. The van der Waals surface area contributed by atoms with Crippen molar-refractivity contribution < 1.29 is 9.18 Å². The van der Waals surface area contributed by atoms with Crippen LogP contribution in [0.4, 0.5) is 4.39 Å². The Morgan fingerprint density at radius 3 is 2.68 bits per heavy atom. The molecule has 5 nitrogen and oxygen atoms in total. The highest BCUT2D eigenvalue weighted by Crippen LogP contribution is 2.21. The minimum Gasteiger partial charge on any atom is -0.349 e. The minimum atomic E-state index is -0.323. The van der Waals surface area contributed by atoms with Crippen LogP contribution >= 0.6 is 12.4 Å². The third kappa shape index (κ3) is 3.52. The summed E-state index contributed by atoms with van der Waals surface area (Å²) in [6.45, 7) is 0.756. The second-order valence-electron chi connectivity index (χ2n) is 3.71. The molecule has 102 valence electrons. The predicted molar refractivity (Wildman–Crippen MR) is 72.6 cm³/mol. The maximum Gasteiger partial charge on any atom is 0.269 e. The number of H-pyrrole nitrogens is 1. The highest BCUT2D eigenvalue weighted by Gasteiger charge is 2.14. The average Bonchev–Trinajstić information content (AvgIpc) is 2.86. The summed E-state index contributed by atoms with van der Waals surface area (Å²) in [7, 11) is 0. The van der Waals surface area contributed by atoms with Crippen molar-refractivity contribution in [2.75, 3.05) is 13.1 Å². The molecule has 1 amide bonds. The lowest BCUT2D eigenvalue weighted by Crippen LogP contribution is -2.29. The van der Waals surface area contributed by atoms with Crippen LogP contribution in [0.3, 0.4) is 0 Å². The Kier molecular flexibility index (Phi) is 5.47. The number of nitrogens with one attached hydrogen (secondary N) is 2. The first-order valence-electron chi connectivity index (χ1n) is 5.50. The molecule has 1 heterocycles. The fraction of sp³-hybridized carbons (Fsp3) is 0.167. The van der Waals surface area contributed by atoms with Gasteiger partial charge in [0, 0.05) is 18.7 Å². The lowest BCUT2D eigenvalue weighted by atomic mass is 10.1. The van der Waals surface area contributed by atoms with Crippen LogP contribution in [0.25, 0.3) is 11.1 Å². The van der Waals surface area contributed by atoms with E-state index < -0.39 is 0 Å². The molecule has 1 aromatic carbocycles. The maximum absolute atomic E-state index is 12.8. The van der Waals surface area contributed by atoms with E-state index in [4.69, 9.17) is 5.73 Å². The van der Waals surface area contributed by atoms with Crippen LogP contribution in [0, 0.1) is 5.82 Å². The number of aromatic nitrogens is 2. The number of nitrogens with two attached hydrogens (primary N) is 1. The van der Waals surface area contributed by atoms with Gasteiger partial charge in [0.15, 0.2) is 0 Å². The summed E-state index contributed by atoms with van der Waals surface area (Å²) in [6, 6.07) is 5.87. The maximum atomic E-state index is 12.8. The van der Waals surface area contributed by atoms with Crippen LogP contribution in [0.5, 0.6) is 0 Å². The summed E-state index contributed by atoms with van der Waals surface area (Å²) in [5.41, 5.74) is 7.01. The monoisotopic (exact) mass is 284 g/mol. The molecule has 0 aliphatic carbocycles. The Bertz CT molecular complexity index is 541. The summed E-state index contributed by atoms with van der Waals surface area (Å²) in [6.07, 6.45) is 1.53. The van der Waals surface area contributed by atoms with Gasteiger partial charge < -0.3 is 11.1 Å². The van der Waals surface area contributed by atoms with E-state index >= 15 is 0 Å². The fourth-order valence-electron chi connectivity index (χ4n) is 1.58. The third-order valence-corrected chi connectivity index (χ3v) is 2.45. The van der Waals surface area contributed by atoms with Crippen LogP contribution in [-0.4, -0.2) is 29.2 Å². The first-order chi connectivity index (χ1) is 8.72. The molecule has 0 fully saturated rings. The van der Waals surface area contributed by atoms with E-state index in [-0.39, 0.29) is 24.1 Å². The summed E-state index contributed by atoms with van der Waals surface area (Å²) in [4.78, 5) is 11.8. The van der Waals surface area contributed by atoms with Gasteiger partial charge in [0.1, 0.15) is 11.5 Å². The van der Waals surface area contributed by atoms with Gasteiger partial charge in [0.05, 0.1) is 6.20 Å². The van der Waals surface area contributed by atoms with Crippen molar-refractivity contribution in [3.63, 3.8) is 0 Å². The van der Waals surface area contributed by atoms with Gasteiger partial charge in [-0.05, 0) is 17.7 Å². The van der Waals surface area contributed by atoms with Gasteiger partial charge in [-0.3, -0.25) is 9.89 Å². The summed E-state index contributed by atoms with van der Waals surface area (Å²) in [5, 5.41) is 9.12. The van der Waals surface area contributed by atoms with Gasteiger partial charge in [-0.25, -0.2) is 4.39 Å². The van der Waals surface area contributed by atoms with E-state index in [1.165, 1.54) is 18.3 Å². The van der Waals surface area contributed by atoms with E-state index in [1.54, 1.807) is 12.1 Å². The Labute approximate surface area is 115 Å². The number of carbonyl (C=O) groups is 1. The van der Waals surface area contributed by atoms with Crippen molar-refractivity contribution in [3.8, 4) is 11.1 Å². The molecule has 2 aromatic rings. The molecular formula is C12H14ClFN4O. The first-order valence-corrected chi connectivity index (χ1v) is 5.50. The molecule has 0 aliphatic heterocycles. The molecule has 0 atom stereocenters. The van der Waals surface area contributed by atoms with Crippen molar-refractivity contribution in [2.45, 2.75) is 0 Å². The van der Waals surface area contributed by atoms with E-state index in [0.717, 1.165) is 5.56 Å². The van der Waals surface area contributed by atoms with Gasteiger partial charge in [-0.1, -0.05) is 12.1 Å². The second-order valence-corrected chi connectivity index (χ2v) is 3.71. The zero-order chi connectivity index (χ0) is 13.0. The van der Waals surface area contributed by atoms with E-state index in [2.05, 4.69) is 15.5 Å². The van der Waals surface area contributed by atoms with Gasteiger partial charge in [-0.15, -0.1) is 12.4 Å². The lowest BCUT2D eigenvalue weighted by Gasteiger charge is -2.04. The lowest BCUT2D eigenvalue weighted by molar-refractivity contribution is 0.0950. The van der Waals surface area contributed by atoms with E-state index in [1.807, 2.05) is 0 Å². The highest BCUT2D eigenvalue weighted by molar-refractivity contribution is 5.98. The normalized spacial score (nSPS) is 9.79. The van der Waals surface area contributed by atoms with Gasteiger partial charge in [0.25, 0.3) is 5.91 Å². The Morgan fingerprint density at radius 2 is 2.05 bits per heavy atom. The number of aromatic amines is 1. The molecule has 0 aliphatic rings. The third-order valence-electron chi connectivity index (χ3n) is 2.45. The number of hydrogen-bond donors (Lipinski definition) is 3. The minimum absolute atomic E-state index is 0. The van der Waals surface area contributed by atoms with Crippen LogP contribution < -0.4 is 11.1 Å². The number of halogens is 2. The van der Waals surface area contributed by atoms with Gasteiger partial charge in [-0.2, -0.15) is 5.10 Å². The Hall–Kier alpha value is -1.92. The van der Waals surface area contributed by atoms with Crippen LogP contribution in [0.2, 0.25) is 0 Å². The molecule has 0 saturated carbocycles. The molecular weight excluding hydrogens is 271 g/mol.